The Morgan fingerprint density at radius 1 is 1.06 bits per heavy atom. The van der Waals surface area contributed by atoms with E-state index in [0.29, 0.717) is 22.0 Å². The van der Waals surface area contributed by atoms with Crippen LogP contribution in [0.2, 0.25) is 0 Å². The quantitative estimate of drug-likeness (QED) is 0.341. The third-order valence-corrected chi connectivity index (χ3v) is 6.49. The highest BCUT2D eigenvalue weighted by Crippen LogP contribution is 2.44. The van der Waals surface area contributed by atoms with Crippen LogP contribution < -0.4 is 9.63 Å². The molecule has 10 heteroatoms. The third-order valence-electron chi connectivity index (χ3n) is 5.36. The van der Waals surface area contributed by atoms with Crippen LogP contribution in [-0.2, 0) is 9.47 Å². The SMILES string of the molecule is C[C@@H]1CN(C(=O)OC(C)(C)C)c2c(sc3ccc4c(ccc[n+]4O)c23)C(=O)N1C(=O)OC(C)(C)C. The van der Waals surface area contributed by atoms with Crippen molar-refractivity contribution in [2.45, 2.75) is 65.7 Å². The zero-order valence-electron chi connectivity index (χ0n) is 20.9. The third kappa shape index (κ3) is 4.62. The smallest absolute Gasteiger partial charge is 0.417 e. The number of carbonyl (C=O) groups is 3. The van der Waals surface area contributed by atoms with Crippen molar-refractivity contribution >= 4 is 56.1 Å². The number of carbonyl (C=O) groups excluding carboxylic acids is 3. The Labute approximate surface area is 207 Å². The molecule has 0 saturated carbocycles. The van der Waals surface area contributed by atoms with Crippen LogP contribution in [0.25, 0.3) is 21.0 Å². The van der Waals surface area contributed by atoms with Crippen molar-refractivity contribution in [3.63, 3.8) is 0 Å². The topological polar surface area (TPSA) is 100 Å². The van der Waals surface area contributed by atoms with E-state index in [1.165, 1.54) is 22.4 Å². The van der Waals surface area contributed by atoms with Gasteiger partial charge in [-0.1, -0.05) is 0 Å². The molecule has 1 atom stereocenters. The number of hydrogen-bond acceptors (Lipinski definition) is 7. The Bertz CT molecular complexity index is 1350. The number of benzene rings is 1. The lowest BCUT2D eigenvalue weighted by Crippen LogP contribution is -2.49. The summed E-state index contributed by atoms with van der Waals surface area (Å²) in [5.74, 6) is -0.546. The van der Waals surface area contributed by atoms with Gasteiger partial charge in [-0.25, -0.2) is 14.5 Å². The lowest BCUT2D eigenvalue weighted by Gasteiger charge is -2.31. The van der Waals surface area contributed by atoms with Crippen LogP contribution in [0.3, 0.4) is 0 Å². The lowest BCUT2D eigenvalue weighted by atomic mass is 10.1. The van der Waals surface area contributed by atoms with Crippen molar-refractivity contribution < 1.29 is 33.8 Å². The minimum absolute atomic E-state index is 0.0150. The van der Waals surface area contributed by atoms with E-state index >= 15 is 0 Å². The van der Waals surface area contributed by atoms with Gasteiger partial charge in [-0.3, -0.25) is 14.9 Å². The van der Waals surface area contributed by atoms with Crippen molar-refractivity contribution in [3.05, 3.63) is 35.3 Å². The Morgan fingerprint density at radius 3 is 2.31 bits per heavy atom. The first kappa shape index (κ1) is 24.7. The largest absolute Gasteiger partial charge is 0.443 e. The first-order chi connectivity index (χ1) is 16.2. The predicted molar refractivity (Wildman–Crippen MR) is 132 cm³/mol. The highest BCUT2D eigenvalue weighted by Gasteiger charge is 2.42. The minimum atomic E-state index is -0.803. The average Bonchev–Trinajstić information content (AvgIpc) is 3.04. The molecule has 3 amide bonds. The van der Waals surface area contributed by atoms with Gasteiger partial charge in [0, 0.05) is 26.9 Å². The van der Waals surface area contributed by atoms with Gasteiger partial charge in [0.2, 0.25) is 6.20 Å². The van der Waals surface area contributed by atoms with Crippen molar-refractivity contribution in [1.82, 2.24) is 4.90 Å². The summed E-state index contributed by atoms with van der Waals surface area (Å²) in [5, 5.41) is 11.6. The van der Waals surface area contributed by atoms with Crippen LogP contribution in [0, 0.1) is 0 Å². The molecule has 1 aromatic carbocycles. The Hall–Kier alpha value is -3.40. The van der Waals surface area contributed by atoms with Gasteiger partial charge in [-0.05, 0) is 60.6 Å². The summed E-state index contributed by atoms with van der Waals surface area (Å²) in [6.07, 6.45) is 0.0962. The second-order valence-electron chi connectivity index (χ2n) is 10.6. The molecule has 1 aliphatic rings. The van der Waals surface area contributed by atoms with Crippen LogP contribution >= 0.6 is 11.3 Å². The summed E-state index contributed by atoms with van der Waals surface area (Å²) in [7, 11) is 0. The van der Waals surface area contributed by atoms with Crippen LogP contribution in [0.4, 0.5) is 15.3 Å². The summed E-state index contributed by atoms with van der Waals surface area (Å²) < 4.78 is 12.9. The molecule has 0 unspecified atom stereocenters. The van der Waals surface area contributed by atoms with Crippen molar-refractivity contribution in [2.24, 2.45) is 0 Å². The zero-order valence-corrected chi connectivity index (χ0v) is 21.7. The highest BCUT2D eigenvalue weighted by molar-refractivity contribution is 7.21. The number of rotatable bonds is 0. The van der Waals surface area contributed by atoms with E-state index in [4.69, 9.17) is 9.47 Å². The molecule has 0 bridgehead atoms. The molecule has 0 fully saturated rings. The molecule has 0 saturated heterocycles. The maximum atomic E-state index is 13.8. The summed E-state index contributed by atoms with van der Waals surface area (Å²) in [6.45, 7) is 12.2. The van der Waals surface area contributed by atoms with E-state index in [9.17, 15) is 19.6 Å². The number of nitrogens with zero attached hydrogens (tertiary/aromatic N) is 3. The molecule has 0 spiro atoms. The van der Waals surface area contributed by atoms with Crippen LogP contribution in [0.15, 0.2) is 30.5 Å². The maximum absolute atomic E-state index is 13.8. The van der Waals surface area contributed by atoms with E-state index in [1.54, 1.807) is 66.7 Å². The van der Waals surface area contributed by atoms with Gasteiger partial charge in [-0.15, -0.1) is 11.3 Å². The molecule has 3 heterocycles. The van der Waals surface area contributed by atoms with E-state index in [1.807, 2.05) is 6.07 Å². The second kappa shape index (κ2) is 8.37. The number of thiophene rings is 1. The maximum Gasteiger partial charge on any atom is 0.417 e. The van der Waals surface area contributed by atoms with Crippen LogP contribution in [0.1, 0.15) is 58.1 Å². The molecular formula is C25H30N3O6S+. The van der Waals surface area contributed by atoms with Gasteiger partial charge in [0.15, 0.2) is 0 Å². The van der Waals surface area contributed by atoms with Crippen molar-refractivity contribution in [1.29, 1.82) is 0 Å². The molecule has 1 aliphatic heterocycles. The molecule has 4 rings (SSSR count). The molecule has 0 radical (unpaired) electrons. The van der Waals surface area contributed by atoms with Gasteiger partial charge < -0.3 is 9.47 Å². The Morgan fingerprint density at radius 2 is 1.69 bits per heavy atom. The number of amides is 3. The number of fused-ring (bicyclic) bond motifs is 5. The molecule has 0 aliphatic carbocycles. The second-order valence-corrected chi connectivity index (χ2v) is 11.7. The summed E-state index contributed by atoms with van der Waals surface area (Å²) >= 11 is 1.18. The standard InChI is InChI=1S/C25H30N3O6S/c1-14-13-26(22(30)33-24(2,3)4)19-18-15-9-8-12-27(32)16(15)10-11-17(18)35-20(19)21(29)28(14)23(31)34-25(5,6)7/h8-12,14,32H,13H2,1-7H3/q+1/t14-/m1/s1. The lowest BCUT2D eigenvalue weighted by molar-refractivity contribution is -0.884. The highest BCUT2D eigenvalue weighted by atomic mass is 32.1. The summed E-state index contributed by atoms with van der Waals surface area (Å²) in [4.78, 5) is 43.0. The van der Waals surface area contributed by atoms with Crippen molar-refractivity contribution in [3.8, 4) is 0 Å². The molecule has 3 aromatic rings. The fourth-order valence-electron chi connectivity index (χ4n) is 4.07. The van der Waals surface area contributed by atoms with E-state index in [2.05, 4.69) is 0 Å². The number of anilines is 1. The normalized spacial score (nSPS) is 16.9. The van der Waals surface area contributed by atoms with Gasteiger partial charge in [0.25, 0.3) is 11.4 Å². The van der Waals surface area contributed by atoms with E-state index < -0.39 is 35.3 Å². The zero-order chi connectivity index (χ0) is 25.9. The fraction of sp³-hybridized carbons (Fsp3) is 0.440. The van der Waals surface area contributed by atoms with Gasteiger partial charge in [0.1, 0.15) is 16.1 Å². The summed E-state index contributed by atoms with van der Waals surface area (Å²) in [5.41, 5.74) is -0.705. The van der Waals surface area contributed by atoms with Crippen LogP contribution in [-0.4, -0.2) is 52.0 Å². The van der Waals surface area contributed by atoms with Gasteiger partial charge in [-0.2, -0.15) is 0 Å². The molecular weight excluding hydrogens is 470 g/mol. The fourth-order valence-corrected chi connectivity index (χ4v) is 5.22. The number of pyridine rings is 1. The van der Waals surface area contributed by atoms with Crippen molar-refractivity contribution in [2.75, 3.05) is 11.4 Å². The van der Waals surface area contributed by atoms with E-state index in [0.717, 1.165) is 14.3 Å². The molecule has 186 valence electrons. The average molecular weight is 501 g/mol. The molecule has 2 aromatic heterocycles. The minimum Gasteiger partial charge on any atom is -0.443 e. The van der Waals surface area contributed by atoms with Gasteiger partial charge in [0.05, 0.1) is 23.7 Å². The number of ether oxygens (including phenoxy) is 2. The summed E-state index contributed by atoms with van der Waals surface area (Å²) in [6, 6.07) is 6.33. The molecule has 9 nitrogen and oxygen atoms in total. The number of aromatic nitrogens is 1. The first-order valence-corrected chi connectivity index (χ1v) is 12.2. The Balaban J connectivity index is 1.98. The monoisotopic (exact) mass is 500 g/mol. The van der Waals surface area contributed by atoms with Gasteiger partial charge >= 0.3 is 12.2 Å². The first-order valence-electron chi connectivity index (χ1n) is 11.3. The number of imide groups is 1. The molecule has 1 N–H and O–H groups in total. The Kier molecular flexibility index (Phi) is 5.91. The van der Waals surface area contributed by atoms with Crippen LogP contribution in [0.5, 0.6) is 0 Å². The molecule has 35 heavy (non-hydrogen) atoms. The predicted octanol–water partition coefficient (Wildman–Crippen LogP) is 5.10. The van der Waals surface area contributed by atoms with E-state index in [-0.39, 0.29) is 11.4 Å². The number of hydrogen-bond donors (Lipinski definition) is 1.